The van der Waals surface area contributed by atoms with E-state index in [9.17, 15) is 18.0 Å². The Morgan fingerprint density at radius 3 is 2.31 bits per heavy atom. The third-order valence-electron chi connectivity index (χ3n) is 4.18. The van der Waals surface area contributed by atoms with E-state index in [2.05, 4.69) is 10.5 Å². The Morgan fingerprint density at radius 2 is 1.66 bits per heavy atom. The molecule has 3 aromatic rings. The van der Waals surface area contributed by atoms with Crippen molar-refractivity contribution in [1.82, 2.24) is 5.43 Å². The molecule has 3 aromatic carbocycles. The molecule has 0 aliphatic carbocycles. The lowest BCUT2D eigenvalue weighted by Crippen LogP contribution is -2.18. The lowest BCUT2D eigenvalue weighted by atomic mass is 10.1. The first-order valence-electron chi connectivity index (χ1n) is 9.01. The van der Waals surface area contributed by atoms with E-state index in [1.54, 1.807) is 18.2 Å². The van der Waals surface area contributed by atoms with Gasteiger partial charge in [0, 0.05) is 16.1 Å². The van der Waals surface area contributed by atoms with Gasteiger partial charge in [0.1, 0.15) is 6.61 Å². The molecular weight excluding hydrogens is 488 g/mol. The molecule has 166 valence electrons. The van der Waals surface area contributed by atoms with E-state index in [1.165, 1.54) is 24.4 Å². The SMILES string of the molecule is O=C(N/N=C\c1cc(Cl)c(OCc2ccccc2Cl)c(Cl)c1)c1cccc(C(F)(F)F)c1. The molecule has 0 spiro atoms. The van der Waals surface area contributed by atoms with Crippen molar-refractivity contribution in [2.45, 2.75) is 12.8 Å². The highest BCUT2D eigenvalue weighted by molar-refractivity contribution is 6.37. The number of alkyl halides is 3. The Bertz CT molecular complexity index is 1140. The van der Waals surface area contributed by atoms with Gasteiger partial charge in [-0.1, -0.05) is 59.1 Å². The van der Waals surface area contributed by atoms with E-state index in [0.717, 1.165) is 23.8 Å². The van der Waals surface area contributed by atoms with Crippen LogP contribution in [0.4, 0.5) is 13.2 Å². The largest absolute Gasteiger partial charge is 0.486 e. The zero-order valence-electron chi connectivity index (χ0n) is 16.1. The predicted molar refractivity (Wildman–Crippen MR) is 119 cm³/mol. The van der Waals surface area contributed by atoms with Crippen molar-refractivity contribution in [2.75, 3.05) is 0 Å². The number of halogens is 6. The summed E-state index contributed by atoms with van der Waals surface area (Å²) in [7, 11) is 0. The quantitative estimate of drug-likeness (QED) is 0.292. The number of carbonyl (C=O) groups is 1. The van der Waals surface area contributed by atoms with E-state index in [1.807, 2.05) is 6.07 Å². The number of carbonyl (C=O) groups excluding carboxylic acids is 1. The molecular formula is C22H14Cl3F3N2O2. The molecule has 0 radical (unpaired) electrons. The molecule has 0 fully saturated rings. The molecule has 1 N–H and O–H groups in total. The second-order valence-corrected chi connectivity index (χ2v) is 7.69. The van der Waals surface area contributed by atoms with Crippen LogP contribution in [0, 0.1) is 0 Å². The molecule has 0 aliphatic heterocycles. The fourth-order valence-electron chi connectivity index (χ4n) is 2.62. The first kappa shape index (κ1) is 23.9. The number of rotatable bonds is 6. The van der Waals surface area contributed by atoms with Gasteiger partial charge in [-0.2, -0.15) is 18.3 Å². The van der Waals surface area contributed by atoms with Gasteiger partial charge in [-0.3, -0.25) is 4.79 Å². The third kappa shape index (κ3) is 6.16. The number of hydrazone groups is 1. The first-order valence-corrected chi connectivity index (χ1v) is 10.1. The Morgan fingerprint density at radius 1 is 0.969 bits per heavy atom. The summed E-state index contributed by atoms with van der Waals surface area (Å²) in [6, 6.07) is 14.2. The standard InChI is InChI=1S/C22H14Cl3F3N2O2/c23-17-7-2-1-4-15(17)12-32-20-18(24)8-13(9-19(20)25)11-29-30-21(31)14-5-3-6-16(10-14)22(26,27)28/h1-11H,12H2,(H,30,31)/b29-11-. The Kier molecular flexibility index (Phi) is 7.66. The average molecular weight is 502 g/mol. The van der Waals surface area contributed by atoms with E-state index in [-0.39, 0.29) is 28.0 Å². The number of ether oxygens (including phenoxy) is 1. The van der Waals surface area contributed by atoms with Crippen LogP contribution in [0.5, 0.6) is 5.75 Å². The number of hydrogen-bond acceptors (Lipinski definition) is 3. The van der Waals surface area contributed by atoms with Gasteiger partial charge < -0.3 is 4.74 Å². The smallest absolute Gasteiger partial charge is 0.416 e. The van der Waals surface area contributed by atoms with Crippen LogP contribution in [0.1, 0.15) is 27.0 Å². The van der Waals surface area contributed by atoms with Gasteiger partial charge in [0.2, 0.25) is 0 Å². The second-order valence-electron chi connectivity index (χ2n) is 6.47. The average Bonchev–Trinajstić information content (AvgIpc) is 2.74. The van der Waals surface area contributed by atoms with Crippen LogP contribution in [0.3, 0.4) is 0 Å². The van der Waals surface area contributed by atoms with Crippen molar-refractivity contribution >= 4 is 46.9 Å². The zero-order chi connectivity index (χ0) is 23.3. The zero-order valence-corrected chi connectivity index (χ0v) is 18.4. The third-order valence-corrected chi connectivity index (χ3v) is 5.11. The summed E-state index contributed by atoms with van der Waals surface area (Å²) in [4.78, 5) is 12.1. The molecule has 32 heavy (non-hydrogen) atoms. The first-order chi connectivity index (χ1) is 15.1. The van der Waals surface area contributed by atoms with Gasteiger partial charge in [-0.05, 0) is 42.0 Å². The summed E-state index contributed by atoms with van der Waals surface area (Å²) in [6.45, 7) is 0.152. The molecule has 0 heterocycles. The van der Waals surface area contributed by atoms with Crippen molar-refractivity contribution in [3.8, 4) is 5.75 Å². The summed E-state index contributed by atoms with van der Waals surface area (Å²) in [5.74, 6) is -0.553. The Labute approximate surface area is 196 Å². The summed E-state index contributed by atoms with van der Waals surface area (Å²) in [5, 5.41) is 4.69. The molecule has 0 bridgehead atoms. The van der Waals surface area contributed by atoms with Crippen LogP contribution in [-0.4, -0.2) is 12.1 Å². The minimum atomic E-state index is -4.55. The highest BCUT2D eigenvalue weighted by Crippen LogP contribution is 2.35. The Hall–Kier alpha value is -2.74. The normalized spacial score (nSPS) is 11.6. The molecule has 10 heteroatoms. The molecule has 0 unspecified atom stereocenters. The van der Waals surface area contributed by atoms with E-state index in [0.29, 0.717) is 10.6 Å². The molecule has 4 nitrogen and oxygen atoms in total. The number of hydrogen-bond donors (Lipinski definition) is 1. The molecule has 0 saturated heterocycles. The summed E-state index contributed by atoms with van der Waals surface area (Å²) in [6.07, 6.45) is -3.30. The maximum Gasteiger partial charge on any atom is 0.416 e. The minimum absolute atomic E-state index is 0.152. The van der Waals surface area contributed by atoms with Crippen molar-refractivity contribution < 1.29 is 22.7 Å². The van der Waals surface area contributed by atoms with Crippen molar-refractivity contribution in [2.24, 2.45) is 5.10 Å². The molecule has 3 rings (SSSR count). The number of amides is 1. The highest BCUT2D eigenvalue weighted by atomic mass is 35.5. The van der Waals surface area contributed by atoms with Crippen LogP contribution in [0.15, 0.2) is 65.8 Å². The number of nitrogens with one attached hydrogen (secondary N) is 1. The van der Waals surface area contributed by atoms with Crippen LogP contribution >= 0.6 is 34.8 Å². The fourth-order valence-corrected chi connectivity index (χ4v) is 3.43. The topological polar surface area (TPSA) is 50.7 Å². The lowest BCUT2D eigenvalue weighted by molar-refractivity contribution is -0.137. The van der Waals surface area contributed by atoms with Crippen LogP contribution in [-0.2, 0) is 12.8 Å². The lowest BCUT2D eigenvalue weighted by Gasteiger charge is -2.11. The van der Waals surface area contributed by atoms with Gasteiger partial charge >= 0.3 is 6.18 Å². The van der Waals surface area contributed by atoms with Gasteiger partial charge in [0.05, 0.1) is 21.8 Å². The van der Waals surface area contributed by atoms with Gasteiger partial charge in [0.15, 0.2) is 5.75 Å². The number of benzene rings is 3. The molecule has 0 aliphatic rings. The van der Waals surface area contributed by atoms with Crippen molar-refractivity contribution in [3.05, 3.63) is 98.0 Å². The van der Waals surface area contributed by atoms with Gasteiger partial charge in [-0.25, -0.2) is 5.43 Å². The highest BCUT2D eigenvalue weighted by Gasteiger charge is 2.30. The molecule has 0 atom stereocenters. The molecule has 0 saturated carbocycles. The summed E-state index contributed by atoms with van der Waals surface area (Å²) >= 11 is 18.6. The van der Waals surface area contributed by atoms with Crippen LogP contribution in [0.25, 0.3) is 0 Å². The van der Waals surface area contributed by atoms with E-state index < -0.39 is 17.6 Å². The minimum Gasteiger partial charge on any atom is -0.486 e. The second kappa shape index (κ2) is 10.3. The molecule has 0 aromatic heterocycles. The maximum atomic E-state index is 12.8. The van der Waals surface area contributed by atoms with Crippen molar-refractivity contribution in [3.63, 3.8) is 0 Å². The van der Waals surface area contributed by atoms with Crippen LogP contribution < -0.4 is 10.2 Å². The molecule has 1 amide bonds. The summed E-state index contributed by atoms with van der Waals surface area (Å²) < 4.78 is 44.0. The maximum absolute atomic E-state index is 12.8. The Balaban J connectivity index is 1.66. The van der Waals surface area contributed by atoms with Gasteiger partial charge in [-0.15, -0.1) is 0 Å². The monoisotopic (exact) mass is 500 g/mol. The van der Waals surface area contributed by atoms with Gasteiger partial charge in [0.25, 0.3) is 5.91 Å². The van der Waals surface area contributed by atoms with E-state index >= 15 is 0 Å². The predicted octanol–water partition coefficient (Wildman–Crippen LogP) is 7.01. The van der Waals surface area contributed by atoms with E-state index in [4.69, 9.17) is 39.5 Å². The van der Waals surface area contributed by atoms with Crippen molar-refractivity contribution in [1.29, 1.82) is 0 Å². The fraction of sp³-hybridized carbons (Fsp3) is 0.0909. The van der Waals surface area contributed by atoms with Crippen LogP contribution in [0.2, 0.25) is 15.1 Å². The number of nitrogens with zero attached hydrogens (tertiary/aromatic N) is 1. The summed E-state index contributed by atoms with van der Waals surface area (Å²) in [5.41, 5.74) is 2.24.